The van der Waals surface area contributed by atoms with Crippen LogP contribution >= 0.6 is 11.6 Å². The summed E-state index contributed by atoms with van der Waals surface area (Å²) in [6, 6.07) is 0.695. The smallest absolute Gasteiger partial charge is 0.150 e. The van der Waals surface area contributed by atoms with Gasteiger partial charge in [-0.1, -0.05) is 11.6 Å². The van der Waals surface area contributed by atoms with Crippen LogP contribution in [-0.4, -0.2) is 35.6 Å². The zero-order valence-electron chi connectivity index (χ0n) is 9.77. The summed E-state index contributed by atoms with van der Waals surface area (Å²) >= 11 is 6.15. The van der Waals surface area contributed by atoms with E-state index in [9.17, 15) is 0 Å². The van der Waals surface area contributed by atoms with Crippen molar-refractivity contribution in [3.05, 3.63) is 17.5 Å². The predicted molar refractivity (Wildman–Crippen MR) is 68.4 cm³/mol. The molecule has 92 valence electrons. The number of hydrogen-bond donors (Lipinski definition) is 1. The molecule has 1 aromatic rings. The maximum atomic E-state index is 6.15. The molecule has 2 aliphatic heterocycles. The van der Waals surface area contributed by atoms with Gasteiger partial charge in [0.05, 0.1) is 6.20 Å². The summed E-state index contributed by atoms with van der Waals surface area (Å²) in [5.74, 6) is 1.63. The summed E-state index contributed by atoms with van der Waals surface area (Å²) in [4.78, 5) is 10.5. The quantitative estimate of drug-likeness (QED) is 0.826. The fourth-order valence-electron chi connectivity index (χ4n) is 2.98. The second-order valence-electron chi connectivity index (χ2n) is 4.89. The minimum atomic E-state index is 0.662. The van der Waals surface area contributed by atoms with Crippen LogP contribution in [0.2, 0.25) is 5.02 Å². The Bertz CT molecular complexity index is 398. The van der Waals surface area contributed by atoms with E-state index < -0.39 is 0 Å². The molecule has 0 spiro atoms. The SMILES string of the molecule is Clc1cncnc1N1CCC2NCCCC2C1. The molecule has 0 radical (unpaired) electrons. The van der Waals surface area contributed by atoms with Gasteiger partial charge in [0.15, 0.2) is 5.82 Å². The van der Waals surface area contributed by atoms with Gasteiger partial charge in [-0.25, -0.2) is 9.97 Å². The van der Waals surface area contributed by atoms with E-state index in [1.165, 1.54) is 25.8 Å². The van der Waals surface area contributed by atoms with Gasteiger partial charge in [-0.3, -0.25) is 0 Å². The molecule has 0 saturated carbocycles. The molecule has 0 bridgehead atoms. The Labute approximate surface area is 106 Å². The topological polar surface area (TPSA) is 41.1 Å². The minimum Gasteiger partial charge on any atom is -0.355 e. The monoisotopic (exact) mass is 252 g/mol. The molecule has 1 aromatic heterocycles. The number of piperidine rings is 2. The van der Waals surface area contributed by atoms with E-state index in [0.29, 0.717) is 11.1 Å². The van der Waals surface area contributed by atoms with E-state index in [4.69, 9.17) is 11.6 Å². The number of nitrogens with zero attached hydrogens (tertiary/aromatic N) is 3. The number of halogens is 1. The van der Waals surface area contributed by atoms with Gasteiger partial charge >= 0.3 is 0 Å². The van der Waals surface area contributed by atoms with Crippen molar-refractivity contribution in [2.75, 3.05) is 24.5 Å². The van der Waals surface area contributed by atoms with E-state index in [1.54, 1.807) is 12.5 Å². The van der Waals surface area contributed by atoms with Gasteiger partial charge in [-0.05, 0) is 31.7 Å². The van der Waals surface area contributed by atoms with Crippen molar-refractivity contribution in [3.8, 4) is 0 Å². The molecule has 1 N–H and O–H groups in total. The van der Waals surface area contributed by atoms with E-state index >= 15 is 0 Å². The van der Waals surface area contributed by atoms with Crippen LogP contribution in [0.4, 0.5) is 5.82 Å². The lowest BCUT2D eigenvalue weighted by molar-refractivity contribution is 0.244. The van der Waals surface area contributed by atoms with Crippen LogP contribution in [0.25, 0.3) is 0 Å². The van der Waals surface area contributed by atoms with Crippen molar-refractivity contribution in [3.63, 3.8) is 0 Å². The van der Waals surface area contributed by atoms with Crippen LogP contribution < -0.4 is 10.2 Å². The highest BCUT2D eigenvalue weighted by molar-refractivity contribution is 6.32. The fraction of sp³-hybridized carbons (Fsp3) is 0.667. The number of nitrogens with one attached hydrogen (secondary N) is 1. The minimum absolute atomic E-state index is 0.662. The van der Waals surface area contributed by atoms with Crippen molar-refractivity contribution >= 4 is 17.4 Å². The summed E-state index contributed by atoms with van der Waals surface area (Å²) in [6.07, 6.45) is 7.04. The van der Waals surface area contributed by atoms with Gasteiger partial charge in [0.25, 0.3) is 0 Å². The summed E-state index contributed by atoms with van der Waals surface area (Å²) in [5, 5.41) is 4.28. The van der Waals surface area contributed by atoms with Gasteiger partial charge in [-0.15, -0.1) is 0 Å². The maximum Gasteiger partial charge on any atom is 0.150 e. The molecule has 0 aliphatic carbocycles. The van der Waals surface area contributed by atoms with E-state index in [1.807, 2.05) is 0 Å². The Morgan fingerprint density at radius 3 is 3.24 bits per heavy atom. The Morgan fingerprint density at radius 1 is 1.41 bits per heavy atom. The third-order valence-electron chi connectivity index (χ3n) is 3.84. The summed E-state index contributed by atoms with van der Waals surface area (Å²) < 4.78 is 0. The Morgan fingerprint density at radius 2 is 2.35 bits per heavy atom. The lowest BCUT2D eigenvalue weighted by Crippen LogP contribution is -2.52. The molecule has 2 unspecified atom stereocenters. The van der Waals surface area contributed by atoms with Crippen LogP contribution in [0.1, 0.15) is 19.3 Å². The average Bonchev–Trinajstić information content (AvgIpc) is 2.39. The summed E-state index contributed by atoms with van der Waals surface area (Å²) in [6.45, 7) is 3.27. The van der Waals surface area contributed by atoms with Crippen LogP contribution in [0.5, 0.6) is 0 Å². The predicted octanol–water partition coefficient (Wildman–Crippen LogP) is 1.71. The molecular formula is C12H17ClN4. The molecule has 5 heteroatoms. The molecule has 2 atom stereocenters. The molecule has 2 saturated heterocycles. The molecule has 3 heterocycles. The first-order valence-electron chi connectivity index (χ1n) is 6.28. The van der Waals surface area contributed by atoms with E-state index in [-0.39, 0.29) is 0 Å². The van der Waals surface area contributed by atoms with Crippen molar-refractivity contribution in [2.45, 2.75) is 25.3 Å². The van der Waals surface area contributed by atoms with Gasteiger partial charge < -0.3 is 10.2 Å². The van der Waals surface area contributed by atoms with Gasteiger partial charge in [0.2, 0.25) is 0 Å². The molecule has 0 amide bonds. The molecule has 0 aromatic carbocycles. The van der Waals surface area contributed by atoms with Crippen LogP contribution in [0.15, 0.2) is 12.5 Å². The molecule has 17 heavy (non-hydrogen) atoms. The maximum absolute atomic E-state index is 6.15. The first kappa shape index (κ1) is 11.2. The fourth-order valence-corrected chi connectivity index (χ4v) is 3.20. The van der Waals surface area contributed by atoms with E-state index in [2.05, 4.69) is 20.2 Å². The second-order valence-corrected chi connectivity index (χ2v) is 5.30. The first-order chi connectivity index (χ1) is 8.34. The zero-order valence-corrected chi connectivity index (χ0v) is 10.5. The standard InChI is InChI=1S/C12H17ClN4/c13-10-6-14-8-16-12(10)17-5-3-11-9(7-17)2-1-4-15-11/h6,8-9,11,15H,1-5,7H2. The third kappa shape index (κ3) is 2.24. The Balaban J connectivity index is 1.76. The second kappa shape index (κ2) is 4.78. The van der Waals surface area contributed by atoms with Gasteiger partial charge in [-0.2, -0.15) is 0 Å². The molecule has 4 nitrogen and oxygen atoms in total. The number of fused-ring (bicyclic) bond motifs is 1. The Hall–Kier alpha value is -0.870. The molecule has 2 fully saturated rings. The number of rotatable bonds is 1. The molecule has 2 aliphatic rings. The number of hydrogen-bond acceptors (Lipinski definition) is 4. The molecule has 3 rings (SSSR count). The van der Waals surface area contributed by atoms with Crippen LogP contribution in [0.3, 0.4) is 0 Å². The normalized spacial score (nSPS) is 28.9. The molecular weight excluding hydrogens is 236 g/mol. The highest BCUT2D eigenvalue weighted by Gasteiger charge is 2.31. The van der Waals surface area contributed by atoms with Crippen molar-refractivity contribution < 1.29 is 0 Å². The summed E-state index contributed by atoms with van der Waals surface area (Å²) in [7, 11) is 0. The Kier molecular flexibility index (Phi) is 3.16. The lowest BCUT2D eigenvalue weighted by atomic mass is 9.85. The number of aromatic nitrogens is 2. The van der Waals surface area contributed by atoms with E-state index in [0.717, 1.165) is 24.8 Å². The van der Waals surface area contributed by atoms with Crippen molar-refractivity contribution in [1.82, 2.24) is 15.3 Å². The van der Waals surface area contributed by atoms with Gasteiger partial charge in [0.1, 0.15) is 11.3 Å². The lowest BCUT2D eigenvalue weighted by Gasteiger charge is -2.42. The van der Waals surface area contributed by atoms with Crippen LogP contribution in [0, 0.1) is 5.92 Å². The van der Waals surface area contributed by atoms with Gasteiger partial charge in [0, 0.05) is 19.1 Å². The highest BCUT2D eigenvalue weighted by Crippen LogP contribution is 2.30. The van der Waals surface area contributed by atoms with Crippen molar-refractivity contribution in [1.29, 1.82) is 0 Å². The largest absolute Gasteiger partial charge is 0.355 e. The average molecular weight is 253 g/mol. The number of anilines is 1. The van der Waals surface area contributed by atoms with Crippen LogP contribution in [-0.2, 0) is 0 Å². The summed E-state index contributed by atoms with van der Waals surface area (Å²) in [5.41, 5.74) is 0. The highest BCUT2D eigenvalue weighted by atomic mass is 35.5. The third-order valence-corrected chi connectivity index (χ3v) is 4.11. The zero-order chi connectivity index (χ0) is 11.7. The first-order valence-corrected chi connectivity index (χ1v) is 6.66. The van der Waals surface area contributed by atoms with Crippen molar-refractivity contribution in [2.24, 2.45) is 5.92 Å².